The summed E-state index contributed by atoms with van der Waals surface area (Å²) < 4.78 is 1.18. The number of hydrogen-bond acceptors (Lipinski definition) is 4. The van der Waals surface area contributed by atoms with E-state index in [1.165, 1.54) is 10.3 Å². The number of para-hydroxylation sites is 1. The summed E-state index contributed by atoms with van der Waals surface area (Å²) in [5, 5.41) is 4.24. The zero-order valence-electron chi connectivity index (χ0n) is 13.4. The molecule has 1 N–H and O–H groups in total. The Kier molecular flexibility index (Phi) is 4.72. The number of benzene rings is 2. The fourth-order valence-electron chi connectivity index (χ4n) is 2.36. The van der Waals surface area contributed by atoms with Gasteiger partial charge in [0.1, 0.15) is 5.78 Å². The van der Waals surface area contributed by atoms with E-state index in [0.29, 0.717) is 12.2 Å². The average Bonchev–Trinajstić information content (AvgIpc) is 2.96. The van der Waals surface area contributed by atoms with Crippen LogP contribution in [0.5, 0.6) is 0 Å². The molecule has 0 aliphatic carbocycles. The fraction of sp³-hybridized carbons (Fsp3) is 0.263. The van der Waals surface area contributed by atoms with Crippen LogP contribution in [-0.2, 0) is 11.2 Å². The van der Waals surface area contributed by atoms with E-state index in [4.69, 9.17) is 0 Å². The molecule has 0 saturated heterocycles. The van der Waals surface area contributed by atoms with Crippen LogP contribution in [0.4, 0.5) is 10.8 Å². The van der Waals surface area contributed by atoms with Crippen molar-refractivity contribution in [3.63, 3.8) is 0 Å². The van der Waals surface area contributed by atoms with E-state index in [2.05, 4.69) is 28.5 Å². The summed E-state index contributed by atoms with van der Waals surface area (Å²) in [6, 6.07) is 16.4. The molecule has 0 aliphatic rings. The molecule has 0 spiro atoms. The van der Waals surface area contributed by atoms with Gasteiger partial charge in [-0.3, -0.25) is 4.79 Å². The summed E-state index contributed by atoms with van der Waals surface area (Å²) in [4.78, 5) is 16.3. The highest BCUT2D eigenvalue weighted by molar-refractivity contribution is 7.22. The third kappa shape index (κ3) is 3.96. The maximum atomic E-state index is 11.7. The van der Waals surface area contributed by atoms with E-state index < -0.39 is 0 Å². The van der Waals surface area contributed by atoms with Gasteiger partial charge in [0.05, 0.1) is 10.2 Å². The van der Waals surface area contributed by atoms with Crippen molar-refractivity contribution in [1.82, 2.24) is 4.98 Å². The largest absolute Gasteiger partial charge is 0.332 e. The lowest BCUT2D eigenvalue weighted by atomic mass is 10.0. The van der Waals surface area contributed by atoms with Gasteiger partial charge in [-0.2, -0.15) is 0 Å². The number of nitrogens with zero attached hydrogens (tertiary/aromatic N) is 1. The third-order valence-electron chi connectivity index (χ3n) is 3.80. The number of hydrogen-bond donors (Lipinski definition) is 1. The predicted molar refractivity (Wildman–Crippen MR) is 97.5 cm³/mol. The molecule has 0 aliphatic heterocycles. The van der Waals surface area contributed by atoms with Crippen molar-refractivity contribution in [1.29, 1.82) is 0 Å². The minimum atomic E-state index is 0.120. The first-order valence-electron chi connectivity index (χ1n) is 7.86. The average molecular weight is 324 g/mol. The van der Waals surface area contributed by atoms with E-state index in [1.54, 1.807) is 11.3 Å². The molecule has 3 nitrogen and oxygen atoms in total. The van der Waals surface area contributed by atoms with Crippen molar-refractivity contribution in [2.45, 2.75) is 26.7 Å². The Morgan fingerprint density at radius 3 is 2.57 bits per heavy atom. The number of anilines is 2. The SMILES string of the molecule is CC(C)C(=O)CCc1ccc(Nc2nc3ccccc3s2)cc1. The minimum Gasteiger partial charge on any atom is -0.332 e. The number of nitrogens with one attached hydrogen (secondary N) is 1. The molecule has 1 aromatic heterocycles. The summed E-state index contributed by atoms with van der Waals surface area (Å²) in [6.07, 6.45) is 1.42. The zero-order chi connectivity index (χ0) is 16.2. The molecule has 23 heavy (non-hydrogen) atoms. The fourth-order valence-corrected chi connectivity index (χ4v) is 3.25. The Bertz CT molecular complexity index is 773. The van der Waals surface area contributed by atoms with Crippen LogP contribution in [0.2, 0.25) is 0 Å². The Morgan fingerprint density at radius 1 is 1.13 bits per heavy atom. The van der Waals surface area contributed by atoms with Crippen LogP contribution in [0, 0.1) is 5.92 Å². The van der Waals surface area contributed by atoms with E-state index in [1.807, 2.05) is 44.2 Å². The van der Waals surface area contributed by atoms with Crippen molar-refractivity contribution in [3.05, 3.63) is 54.1 Å². The number of aryl methyl sites for hydroxylation is 1. The molecule has 2 aromatic carbocycles. The molecule has 118 valence electrons. The molecular weight excluding hydrogens is 304 g/mol. The summed E-state index contributed by atoms with van der Waals surface area (Å²) >= 11 is 1.65. The highest BCUT2D eigenvalue weighted by atomic mass is 32.1. The number of aromatic nitrogens is 1. The Morgan fingerprint density at radius 2 is 1.87 bits per heavy atom. The highest BCUT2D eigenvalue weighted by Crippen LogP contribution is 2.28. The normalized spacial score (nSPS) is 11.1. The minimum absolute atomic E-state index is 0.120. The second-order valence-electron chi connectivity index (χ2n) is 5.93. The third-order valence-corrected chi connectivity index (χ3v) is 4.75. The van der Waals surface area contributed by atoms with Crippen LogP contribution in [0.3, 0.4) is 0 Å². The first-order valence-corrected chi connectivity index (χ1v) is 8.68. The lowest BCUT2D eigenvalue weighted by Gasteiger charge is -2.06. The van der Waals surface area contributed by atoms with Crippen molar-refractivity contribution in [2.24, 2.45) is 5.92 Å². The van der Waals surface area contributed by atoms with Gasteiger partial charge in [0.15, 0.2) is 5.13 Å². The van der Waals surface area contributed by atoms with Crippen LogP contribution in [-0.4, -0.2) is 10.8 Å². The van der Waals surface area contributed by atoms with Gasteiger partial charge >= 0.3 is 0 Å². The summed E-state index contributed by atoms with van der Waals surface area (Å²) in [6.45, 7) is 3.90. The summed E-state index contributed by atoms with van der Waals surface area (Å²) in [5.74, 6) is 0.441. The predicted octanol–water partition coefficient (Wildman–Crippen LogP) is 5.20. The Balaban J connectivity index is 1.64. The highest BCUT2D eigenvalue weighted by Gasteiger charge is 2.07. The van der Waals surface area contributed by atoms with Crippen LogP contribution >= 0.6 is 11.3 Å². The number of ketones is 1. The topological polar surface area (TPSA) is 42.0 Å². The maximum Gasteiger partial charge on any atom is 0.188 e. The quantitative estimate of drug-likeness (QED) is 0.678. The molecule has 0 atom stereocenters. The van der Waals surface area contributed by atoms with Gasteiger partial charge in [0.25, 0.3) is 0 Å². The van der Waals surface area contributed by atoms with E-state index in [0.717, 1.165) is 22.8 Å². The van der Waals surface area contributed by atoms with Crippen molar-refractivity contribution >= 4 is 38.2 Å². The van der Waals surface area contributed by atoms with Gasteiger partial charge in [-0.25, -0.2) is 4.98 Å². The molecule has 0 radical (unpaired) electrons. The van der Waals surface area contributed by atoms with Gasteiger partial charge in [-0.15, -0.1) is 0 Å². The van der Waals surface area contributed by atoms with Crippen molar-refractivity contribution in [2.75, 3.05) is 5.32 Å². The number of fused-ring (bicyclic) bond motifs is 1. The molecule has 0 saturated carbocycles. The number of thiazole rings is 1. The molecular formula is C19H20N2OS. The number of carbonyl (C=O) groups excluding carboxylic acids is 1. The van der Waals surface area contributed by atoms with Gasteiger partial charge in [0.2, 0.25) is 0 Å². The number of carbonyl (C=O) groups is 1. The van der Waals surface area contributed by atoms with Crippen LogP contribution in [0.25, 0.3) is 10.2 Å². The van der Waals surface area contributed by atoms with Gasteiger partial charge in [0, 0.05) is 18.0 Å². The molecule has 3 aromatic rings. The lowest BCUT2D eigenvalue weighted by Crippen LogP contribution is -2.07. The van der Waals surface area contributed by atoms with Crippen LogP contribution in [0.15, 0.2) is 48.5 Å². The number of rotatable bonds is 6. The maximum absolute atomic E-state index is 11.7. The summed E-state index contributed by atoms with van der Waals surface area (Å²) in [7, 11) is 0. The zero-order valence-corrected chi connectivity index (χ0v) is 14.2. The molecule has 3 rings (SSSR count). The van der Waals surface area contributed by atoms with Crippen molar-refractivity contribution < 1.29 is 4.79 Å². The van der Waals surface area contributed by atoms with Crippen LogP contribution < -0.4 is 5.32 Å². The molecule has 1 heterocycles. The second kappa shape index (κ2) is 6.92. The van der Waals surface area contributed by atoms with Gasteiger partial charge in [-0.1, -0.05) is 49.4 Å². The Hall–Kier alpha value is -2.20. The monoisotopic (exact) mass is 324 g/mol. The summed E-state index contributed by atoms with van der Waals surface area (Å²) in [5.41, 5.74) is 3.22. The lowest BCUT2D eigenvalue weighted by molar-refractivity contribution is -0.121. The first kappa shape index (κ1) is 15.7. The Labute approximate surface area is 140 Å². The standard InChI is InChI=1S/C19H20N2OS/c1-13(2)17(22)12-9-14-7-10-15(11-8-14)20-19-21-16-5-3-4-6-18(16)23-19/h3-8,10-11,13H,9,12H2,1-2H3,(H,20,21). The van der Waals surface area contributed by atoms with Gasteiger partial charge < -0.3 is 5.32 Å². The molecule has 0 amide bonds. The molecule has 4 heteroatoms. The van der Waals surface area contributed by atoms with Gasteiger partial charge in [-0.05, 0) is 36.2 Å². The molecule has 0 bridgehead atoms. The smallest absolute Gasteiger partial charge is 0.188 e. The van der Waals surface area contributed by atoms with E-state index >= 15 is 0 Å². The first-order chi connectivity index (χ1) is 11.1. The van der Waals surface area contributed by atoms with Crippen LogP contribution in [0.1, 0.15) is 25.8 Å². The van der Waals surface area contributed by atoms with E-state index in [9.17, 15) is 4.79 Å². The molecule has 0 fully saturated rings. The molecule has 0 unspecified atom stereocenters. The van der Waals surface area contributed by atoms with Crippen molar-refractivity contribution in [3.8, 4) is 0 Å². The second-order valence-corrected chi connectivity index (χ2v) is 6.96. The number of Topliss-reactive ketones (excluding diaryl/α,β-unsaturated/α-hetero) is 1. The van der Waals surface area contributed by atoms with E-state index in [-0.39, 0.29) is 5.92 Å².